The molecule has 0 aliphatic carbocycles. The van der Waals surface area contributed by atoms with Gasteiger partial charge in [0, 0.05) is 23.5 Å². The molecule has 0 saturated heterocycles. The number of fused-ring (bicyclic) bond motifs is 2. The molecule has 4 rings (SSSR count). The van der Waals surface area contributed by atoms with Gasteiger partial charge in [-0.1, -0.05) is 36.4 Å². The summed E-state index contributed by atoms with van der Waals surface area (Å²) in [5.74, 6) is 0.866. The van der Waals surface area contributed by atoms with Crippen LogP contribution in [0.25, 0.3) is 21.9 Å². The minimum absolute atomic E-state index is 0.215. The van der Waals surface area contributed by atoms with E-state index in [4.69, 9.17) is 9.15 Å². The minimum atomic E-state index is -0.215. The van der Waals surface area contributed by atoms with Crippen LogP contribution in [0.2, 0.25) is 0 Å². The van der Waals surface area contributed by atoms with Gasteiger partial charge in [0.05, 0.1) is 6.61 Å². The van der Waals surface area contributed by atoms with Gasteiger partial charge in [0.15, 0.2) is 5.76 Å². The van der Waals surface area contributed by atoms with Crippen LogP contribution in [-0.2, 0) is 0 Å². The van der Waals surface area contributed by atoms with Crippen LogP contribution in [0, 0.1) is 0 Å². The summed E-state index contributed by atoms with van der Waals surface area (Å²) in [5, 5.41) is 4.82. The fourth-order valence-electron chi connectivity index (χ4n) is 2.83. The molecule has 2 heterocycles. The van der Waals surface area contributed by atoms with Crippen LogP contribution in [0.3, 0.4) is 0 Å². The quantitative estimate of drug-likeness (QED) is 0.532. The van der Waals surface area contributed by atoms with Gasteiger partial charge in [0.25, 0.3) is 5.91 Å². The number of carbonyl (C=O) groups excluding carboxylic acids is 1. The van der Waals surface area contributed by atoms with Crippen molar-refractivity contribution in [2.45, 2.75) is 6.42 Å². The van der Waals surface area contributed by atoms with E-state index in [1.807, 2.05) is 54.6 Å². The maximum Gasteiger partial charge on any atom is 0.287 e. The zero-order chi connectivity index (χ0) is 17.8. The van der Waals surface area contributed by atoms with Crippen LogP contribution in [0.5, 0.6) is 5.75 Å². The number of nitrogens with zero attached hydrogens (tertiary/aromatic N) is 1. The van der Waals surface area contributed by atoms with Crippen LogP contribution in [0.1, 0.15) is 17.0 Å². The third kappa shape index (κ3) is 3.37. The van der Waals surface area contributed by atoms with E-state index in [1.165, 1.54) is 0 Å². The Morgan fingerprint density at radius 1 is 1.04 bits per heavy atom. The summed E-state index contributed by atoms with van der Waals surface area (Å²) in [4.78, 5) is 16.5. The molecule has 26 heavy (non-hydrogen) atoms. The van der Waals surface area contributed by atoms with Crippen LogP contribution < -0.4 is 10.1 Å². The molecule has 0 spiro atoms. The average Bonchev–Trinajstić information content (AvgIpc) is 3.12. The Hall–Kier alpha value is -3.34. The highest BCUT2D eigenvalue weighted by Gasteiger charge is 2.11. The van der Waals surface area contributed by atoms with Crippen molar-refractivity contribution in [3.63, 3.8) is 0 Å². The number of amides is 1. The summed E-state index contributed by atoms with van der Waals surface area (Å²) >= 11 is 0. The van der Waals surface area contributed by atoms with E-state index in [0.29, 0.717) is 30.9 Å². The molecule has 0 bridgehead atoms. The molecule has 1 N–H and O–H groups in total. The van der Waals surface area contributed by atoms with Crippen molar-refractivity contribution in [1.29, 1.82) is 0 Å². The summed E-state index contributed by atoms with van der Waals surface area (Å²) in [7, 11) is 0. The molecule has 1 amide bonds. The minimum Gasteiger partial charge on any atom is -0.491 e. The Labute approximate surface area is 150 Å². The van der Waals surface area contributed by atoms with Gasteiger partial charge >= 0.3 is 0 Å². The van der Waals surface area contributed by atoms with Gasteiger partial charge in [-0.05, 0) is 30.7 Å². The van der Waals surface area contributed by atoms with Gasteiger partial charge in [0.2, 0.25) is 0 Å². The van der Waals surface area contributed by atoms with Crippen molar-refractivity contribution in [2.75, 3.05) is 13.2 Å². The van der Waals surface area contributed by atoms with E-state index in [-0.39, 0.29) is 5.91 Å². The van der Waals surface area contributed by atoms with Gasteiger partial charge < -0.3 is 14.5 Å². The zero-order valence-corrected chi connectivity index (χ0v) is 14.1. The average molecular weight is 346 g/mol. The fourth-order valence-corrected chi connectivity index (χ4v) is 2.83. The second kappa shape index (κ2) is 7.27. The third-order valence-electron chi connectivity index (χ3n) is 4.11. The zero-order valence-electron chi connectivity index (χ0n) is 14.1. The smallest absolute Gasteiger partial charge is 0.287 e. The number of carbonyl (C=O) groups is 1. The summed E-state index contributed by atoms with van der Waals surface area (Å²) in [6, 6.07) is 19.1. The Balaban J connectivity index is 1.29. The number of aromatic nitrogens is 1. The molecular weight excluding hydrogens is 328 g/mol. The molecule has 2 aromatic carbocycles. The van der Waals surface area contributed by atoms with Gasteiger partial charge in [-0.3, -0.25) is 9.78 Å². The van der Waals surface area contributed by atoms with Crippen molar-refractivity contribution in [2.24, 2.45) is 0 Å². The predicted molar refractivity (Wildman–Crippen MR) is 100 cm³/mol. The first-order valence-electron chi connectivity index (χ1n) is 8.54. The molecule has 0 radical (unpaired) electrons. The van der Waals surface area contributed by atoms with Gasteiger partial charge in [-0.2, -0.15) is 0 Å². The third-order valence-corrected chi connectivity index (χ3v) is 4.11. The number of ether oxygens (including phenoxy) is 1. The number of nitrogens with one attached hydrogen (secondary N) is 1. The highest BCUT2D eigenvalue weighted by Crippen LogP contribution is 2.23. The first-order chi connectivity index (χ1) is 12.8. The molecule has 5 heteroatoms. The molecule has 0 saturated carbocycles. The lowest BCUT2D eigenvalue weighted by atomic mass is 10.2. The second-order valence-electron chi connectivity index (χ2n) is 5.94. The Bertz CT molecular complexity index is 1020. The molecule has 130 valence electrons. The fraction of sp³-hybridized carbons (Fsp3) is 0.143. The molecule has 0 atom stereocenters. The predicted octanol–water partition coefficient (Wildman–Crippen LogP) is 4.18. The van der Waals surface area contributed by atoms with Crippen molar-refractivity contribution in [3.8, 4) is 5.75 Å². The lowest BCUT2D eigenvalue weighted by molar-refractivity contribution is 0.0926. The molecule has 5 nitrogen and oxygen atoms in total. The van der Waals surface area contributed by atoms with Gasteiger partial charge in [0.1, 0.15) is 16.8 Å². The summed E-state index contributed by atoms with van der Waals surface area (Å²) in [5.41, 5.74) is 1.56. The van der Waals surface area contributed by atoms with Crippen molar-refractivity contribution >= 4 is 27.8 Å². The van der Waals surface area contributed by atoms with E-state index in [1.54, 1.807) is 12.3 Å². The lowest BCUT2D eigenvalue weighted by Crippen LogP contribution is -2.25. The van der Waals surface area contributed by atoms with Crippen LogP contribution in [-0.4, -0.2) is 24.0 Å². The van der Waals surface area contributed by atoms with Gasteiger partial charge in [-0.15, -0.1) is 0 Å². The normalized spacial score (nSPS) is 10.9. The highest BCUT2D eigenvalue weighted by molar-refractivity contribution is 5.96. The molecule has 2 aromatic heterocycles. The number of hydrogen-bond acceptors (Lipinski definition) is 4. The summed E-state index contributed by atoms with van der Waals surface area (Å²) in [6.07, 6.45) is 2.44. The standard InChI is InChI=1S/C21H18N2O3/c24-21(19-14-16-6-1-2-9-17(16)26-19)23-12-5-13-25-18-10-3-7-15-8-4-11-22-20(15)18/h1-4,6-11,14H,5,12-13H2,(H,23,24). The number of benzene rings is 2. The summed E-state index contributed by atoms with van der Waals surface area (Å²) < 4.78 is 11.4. The number of furan rings is 1. The second-order valence-corrected chi connectivity index (χ2v) is 5.94. The topological polar surface area (TPSA) is 64.4 Å². The van der Waals surface area contributed by atoms with Crippen LogP contribution in [0.4, 0.5) is 0 Å². The highest BCUT2D eigenvalue weighted by atomic mass is 16.5. The maximum atomic E-state index is 12.2. The molecule has 0 aliphatic rings. The van der Waals surface area contributed by atoms with Crippen molar-refractivity contribution in [3.05, 3.63) is 72.6 Å². The molecule has 4 aromatic rings. The first kappa shape index (κ1) is 16.1. The Morgan fingerprint density at radius 2 is 1.88 bits per heavy atom. The van der Waals surface area contributed by atoms with E-state index < -0.39 is 0 Å². The number of rotatable bonds is 6. The molecular formula is C21H18N2O3. The monoisotopic (exact) mass is 346 g/mol. The van der Waals surface area contributed by atoms with Crippen LogP contribution >= 0.6 is 0 Å². The molecule has 0 unspecified atom stereocenters. The van der Waals surface area contributed by atoms with Crippen LogP contribution in [0.15, 0.2) is 71.3 Å². The van der Waals surface area contributed by atoms with E-state index in [0.717, 1.165) is 22.0 Å². The Morgan fingerprint density at radius 3 is 2.81 bits per heavy atom. The number of hydrogen-bond donors (Lipinski definition) is 1. The molecule has 0 fully saturated rings. The van der Waals surface area contributed by atoms with E-state index >= 15 is 0 Å². The maximum absolute atomic E-state index is 12.2. The molecule has 0 aliphatic heterocycles. The summed E-state index contributed by atoms with van der Waals surface area (Å²) in [6.45, 7) is 1.00. The van der Waals surface area contributed by atoms with E-state index in [2.05, 4.69) is 10.3 Å². The lowest BCUT2D eigenvalue weighted by Gasteiger charge is -2.08. The largest absolute Gasteiger partial charge is 0.491 e. The van der Waals surface area contributed by atoms with Crippen molar-refractivity contribution < 1.29 is 13.9 Å². The van der Waals surface area contributed by atoms with E-state index in [9.17, 15) is 4.79 Å². The number of pyridine rings is 1. The first-order valence-corrected chi connectivity index (χ1v) is 8.54. The SMILES string of the molecule is O=C(NCCCOc1cccc2cccnc12)c1cc2ccccc2o1. The Kier molecular flexibility index (Phi) is 4.51. The number of para-hydroxylation sites is 2. The van der Waals surface area contributed by atoms with Gasteiger partial charge in [-0.25, -0.2) is 0 Å². The van der Waals surface area contributed by atoms with Crippen molar-refractivity contribution in [1.82, 2.24) is 10.3 Å².